The van der Waals surface area contributed by atoms with Gasteiger partial charge in [0.1, 0.15) is 5.75 Å². The molecule has 2 aliphatic rings. The molecular weight excluding hydrogens is 513 g/mol. The molecule has 33 heavy (non-hydrogen) atoms. The number of hydrogen-bond donors (Lipinski definition) is 0. The van der Waals surface area contributed by atoms with Gasteiger partial charge in [0.2, 0.25) is 15.9 Å². The molecule has 1 unspecified atom stereocenters. The first-order valence-corrected chi connectivity index (χ1v) is 12.6. The number of carbonyl (C=O) groups excluding carboxylic acids is 2. The Kier molecular flexibility index (Phi) is 6.91. The van der Waals surface area contributed by atoms with E-state index < -0.39 is 16.1 Å². The zero-order chi connectivity index (χ0) is 23.9. The Labute approximate surface area is 206 Å². The number of rotatable bonds is 5. The SMILES string of the molecule is COc1ccc(N2C(=O)CC(N3CCN(S(=O)(=O)c4ccc(Cl)c(Cl)c4)CC3)C2=O)cc1Cl. The van der Waals surface area contributed by atoms with Gasteiger partial charge in [-0.2, -0.15) is 4.31 Å². The second-order valence-corrected chi connectivity index (χ2v) is 10.8. The highest BCUT2D eigenvalue weighted by atomic mass is 35.5. The van der Waals surface area contributed by atoms with Gasteiger partial charge in [-0.1, -0.05) is 34.8 Å². The Hall–Kier alpha value is -1.88. The minimum Gasteiger partial charge on any atom is -0.495 e. The molecule has 0 N–H and O–H groups in total. The molecule has 0 aliphatic carbocycles. The summed E-state index contributed by atoms with van der Waals surface area (Å²) in [5.74, 6) is -0.255. The standard InChI is InChI=1S/C21H20Cl3N3O5S/c1-32-19-5-2-13(10-17(19)24)27-20(28)12-18(21(27)29)25-6-8-26(9-7-25)33(30,31)14-3-4-15(22)16(23)11-14/h2-5,10-11,18H,6-9,12H2,1H3. The van der Waals surface area contributed by atoms with Gasteiger partial charge < -0.3 is 4.74 Å². The van der Waals surface area contributed by atoms with Crippen molar-refractivity contribution >= 4 is 62.3 Å². The van der Waals surface area contributed by atoms with E-state index in [0.29, 0.717) is 29.5 Å². The second-order valence-electron chi connectivity index (χ2n) is 7.62. The highest BCUT2D eigenvalue weighted by molar-refractivity contribution is 7.89. The van der Waals surface area contributed by atoms with Crippen LogP contribution in [0, 0.1) is 0 Å². The molecule has 0 bridgehead atoms. The smallest absolute Gasteiger partial charge is 0.251 e. The minimum absolute atomic E-state index is 0.0159. The first-order chi connectivity index (χ1) is 15.6. The van der Waals surface area contributed by atoms with Gasteiger partial charge in [-0.25, -0.2) is 13.3 Å². The predicted octanol–water partition coefficient (Wildman–Crippen LogP) is 3.29. The van der Waals surface area contributed by atoms with Crippen molar-refractivity contribution in [2.45, 2.75) is 17.4 Å². The summed E-state index contributed by atoms with van der Waals surface area (Å²) >= 11 is 18.0. The molecule has 8 nitrogen and oxygen atoms in total. The number of hydrogen-bond acceptors (Lipinski definition) is 6. The number of ether oxygens (including phenoxy) is 1. The van der Waals surface area contributed by atoms with Crippen LogP contribution in [-0.2, 0) is 19.6 Å². The monoisotopic (exact) mass is 531 g/mol. The molecule has 0 aromatic heterocycles. The Bertz CT molecular complexity index is 1220. The number of imide groups is 1. The van der Waals surface area contributed by atoms with E-state index in [1.807, 2.05) is 4.90 Å². The summed E-state index contributed by atoms with van der Waals surface area (Å²) in [6, 6.07) is 8.22. The molecule has 2 aromatic carbocycles. The van der Waals surface area contributed by atoms with E-state index in [1.165, 1.54) is 35.7 Å². The molecular formula is C21H20Cl3N3O5S. The van der Waals surface area contributed by atoms with Crippen LogP contribution in [0.25, 0.3) is 0 Å². The van der Waals surface area contributed by atoms with Gasteiger partial charge in [-0.05, 0) is 36.4 Å². The molecule has 2 aromatic rings. The molecule has 1 atom stereocenters. The van der Waals surface area contributed by atoms with Crippen molar-refractivity contribution in [1.82, 2.24) is 9.21 Å². The fraction of sp³-hybridized carbons (Fsp3) is 0.333. The Morgan fingerprint density at radius 2 is 1.61 bits per heavy atom. The van der Waals surface area contributed by atoms with Crippen LogP contribution in [-0.4, -0.2) is 68.8 Å². The second kappa shape index (κ2) is 9.40. The summed E-state index contributed by atoms with van der Waals surface area (Å²) < 4.78 is 32.4. The van der Waals surface area contributed by atoms with Crippen LogP contribution in [0.3, 0.4) is 0 Å². The molecule has 2 amide bonds. The third-order valence-corrected chi connectivity index (χ3v) is 8.69. The van der Waals surface area contributed by atoms with Crippen LogP contribution in [0.2, 0.25) is 15.1 Å². The van der Waals surface area contributed by atoms with Gasteiger partial charge in [-0.15, -0.1) is 0 Å². The Morgan fingerprint density at radius 1 is 0.909 bits per heavy atom. The van der Waals surface area contributed by atoms with E-state index in [4.69, 9.17) is 39.5 Å². The Morgan fingerprint density at radius 3 is 2.21 bits per heavy atom. The molecule has 12 heteroatoms. The van der Waals surface area contributed by atoms with Crippen LogP contribution >= 0.6 is 34.8 Å². The van der Waals surface area contributed by atoms with Gasteiger partial charge in [0.15, 0.2) is 0 Å². The molecule has 4 rings (SSSR count). The van der Waals surface area contributed by atoms with Gasteiger partial charge in [-0.3, -0.25) is 14.5 Å². The maximum absolute atomic E-state index is 13.1. The van der Waals surface area contributed by atoms with Crippen LogP contribution < -0.4 is 9.64 Å². The predicted molar refractivity (Wildman–Crippen MR) is 126 cm³/mol. The number of halogens is 3. The van der Waals surface area contributed by atoms with E-state index in [9.17, 15) is 18.0 Å². The summed E-state index contributed by atoms with van der Waals surface area (Å²) in [6.45, 7) is 0.965. The molecule has 2 heterocycles. The first-order valence-electron chi connectivity index (χ1n) is 10.0. The normalized spacial score (nSPS) is 20.5. The molecule has 2 fully saturated rings. The number of sulfonamides is 1. The number of amides is 2. The zero-order valence-corrected chi connectivity index (χ0v) is 20.6. The highest BCUT2D eigenvalue weighted by Gasteiger charge is 2.44. The van der Waals surface area contributed by atoms with Crippen LogP contribution in [0.15, 0.2) is 41.3 Å². The van der Waals surface area contributed by atoms with Crippen LogP contribution in [0.5, 0.6) is 5.75 Å². The summed E-state index contributed by atoms with van der Waals surface area (Å²) in [5.41, 5.74) is 0.374. The van der Waals surface area contributed by atoms with Crippen LogP contribution in [0.4, 0.5) is 5.69 Å². The molecule has 2 saturated heterocycles. The summed E-state index contributed by atoms with van der Waals surface area (Å²) in [5, 5.41) is 0.720. The van der Waals surface area contributed by atoms with Gasteiger partial charge in [0, 0.05) is 26.2 Å². The van der Waals surface area contributed by atoms with Crippen molar-refractivity contribution in [3.63, 3.8) is 0 Å². The summed E-state index contributed by atoms with van der Waals surface area (Å²) in [7, 11) is -2.29. The molecule has 2 aliphatic heterocycles. The quantitative estimate of drug-likeness (QED) is 0.549. The van der Waals surface area contributed by atoms with Gasteiger partial charge in [0.25, 0.3) is 5.91 Å². The number of anilines is 1. The van der Waals surface area contributed by atoms with E-state index in [-0.39, 0.29) is 46.3 Å². The number of methoxy groups -OCH3 is 1. The van der Waals surface area contributed by atoms with Crippen molar-refractivity contribution < 1.29 is 22.7 Å². The lowest BCUT2D eigenvalue weighted by Crippen LogP contribution is -2.53. The lowest BCUT2D eigenvalue weighted by atomic mass is 10.2. The number of nitrogens with zero attached hydrogens (tertiary/aromatic N) is 3. The average molecular weight is 533 g/mol. The lowest BCUT2D eigenvalue weighted by molar-refractivity contribution is -0.123. The maximum Gasteiger partial charge on any atom is 0.251 e. The van der Waals surface area contributed by atoms with Gasteiger partial charge >= 0.3 is 0 Å². The van der Waals surface area contributed by atoms with Crippen molar-refractivity contribution in [2.75, 3.05) is 38.2 Å². The van der Waals surface area contributed by atoms with Crippen molar-refractivity contribution in [1.29, 1.82) is 0 Å². The third kappa shape index (κ3) is 4.58. The molecule has 0 radical (unpaired) electrons. The fourth-order valence-corrected chi connectivity index (χ4v) is 6.07. The lowest BCUT2D eigenvalue weighted by Gasteiger charge is -2.36. The van der Waals surface area contributed by atoms with E-state index >= 15 is 0 Å². The van der Waals surface area contributed by atoms with E-state index in [1.54, 1.807) is 12.1 Å². The van der Waals surface area contributed by atoms with Crippen molar-refractivity contribution in [3.05, 3.63) is 51.5 Å². The maximum atomic E-state index is 13.1. The van der Waals surface area contributed by atoms with Crippen LogP contribution in [0.1, 0.15) is 6.42 Å². The topological polar surface area (TPSA) is 87.2 Å². The fourth-order valence-electron chi connectivity index (χ4n) is 4.01. The number of piperazine rings is 1. The molecule has 176 valence electrons. The summed E-state index contributed by atoms with van der Waals surface area (Å²) in [4.78, 5) is 28.7. The Balaban J connectivity index is 1.46. The largest absolute Gasteiger partial charge is 0.495 e. The number of benzene rings is 2. The molecule has 0 saturated carbocycles. The highest BCUT2D eigenvalue weighted by Crippen LogP contribution is 2.33. The summed E-state index contributed by atoms with van der Waals surface area (Å²) in [6.07, 6.45) is 0.0159. The first kappa shape index (κ1) is 24.3. The van der Waals surface area contributed by atoms with Crippen molar-refractivity contribution in [3.8, 4) is 5.75 Å². The van der Waals surface area contributed by atoms with Gasteiger partial charge in [0.05, 0.1) is 45.2 Å². The number of carbonyl (C=O) groups is 2. The van der Waals surface area contributed by atoms with Crippen molar-refractivity contribution in [2.24, 2.45) is 0 Å². The van der Waals surface area contributed by atoms with E-state index in [2.05, 4.69) is 0 Å². The molecule has 0 spiro atoms. The average Bonchev–Trinajstić information content (AvgIpc) is 3.09. The minimum atomic E-state index is -3.76. The third-order valence-electron chi connectivity index (χ3n) is 5.76. The van der Waals surface area contributed by atoms with E-state index in [0.717, 1.165) is 4.90 Å². The zero-order valence-electron chi connectivity index (χ0n) is 17.5.